The summed E-state index contributed by atoms with van der Waals surface area (Å²) >= 11 is 0. The highest BCUT2D eigenvalue weighted by Crippen LogP contribution is 2.19. The van der Waals surface area contributed by atoms with Crippen LogP contribution in [0.25, 0.3) is 0 Å². The molecule has 2 atom stereocenters. The third-order valence-corrected chi connectivity index (χ3v) is 3.37. The smallest absolute Gasteiger partial charge is 0.310 e. The molecule has 1 heterocycles. The maximum Gasteiger partial charge on any atom is 0.310 e. The lowest BCUT2D eigenvalue weighted by molar-refractivity contribution is -0.151. The van der Waals surface area contributed by atoms with E-state index in [1.807, 2.05) is 6.92 Å². The van der Waals surface area contributed by atoms with Crippen molar-refractivity contribution in [2.75, 3.05) is 33.4 Å². The molecule has 1 amide bonds. The van der Waals surface area contributed by atoms with Crippen molar-refractivity contribution in [2.24, 2.45) is 11.8 Å². The number of carbonyl (C=O) groups excluding carboxylic acids is 2. The van der Waals surface area contributed by atoms with Gasteiger partial charge >= 0.3 is 5.97 Å². The summed E-state index contributed by atoms with van der Waals surface area (Å²) < 4.78 is 10.1. The molecule has 110 valence electrons. The van der Waals surface area contributed by atoms with Crippen molar-refractivity contribution < 1.29 is 19.1 Å². The van der Waals surface area contributed by atoms with Crippen LogP contribution < -0.4 is 0 Å². The molecule has 1 rings (SSSR count). The second kappa shape index (κ2) is 8.15. The number of esters is 1. The fourth-order valence-electron chi connectivity index (χ4n) is 2.43. The Morgan fingerprint density at radius 2 is 2.16 bits per heavy atom. The van der Waals surface area contributed by atoms with Crippen LogP contribution in [0.15, 0.2) is 0 Å². The summed E-state index contributed by atoms with van der Waals surface area (Å²) in [7, 11) is 1.64. The topological polar surface area (TPSA) is 55.8 Å². The minimum Gasteiger partial charge on any atom is -0.466 e. The predicted octanol–water partition coefficient (Wildman–Crippen LogP) is 1.46. The summed E-state index contributed by atoms with van der Waals surface area (Å²) in [6, 6.07) is 0. The van der Waals surface area contributed by atoms with Gasteiger partial charge in [0, 0.05) is 33.2 Å². The molecule has 0 aromatic heterocycles. The second-order valence-corrected chi connectivity index (χ2v) is 5.20. The van der Waals surface area contributed by atoms with Crippen molar-refractivity contribution in [1.82, 2.24) is 4.90 Å². The fourth-order valence-corrected chi connectivity index (χ4v) is 2.43. The molecule has 0 aromatic carbocycles. The van der Waals surface area contributed by atoms with E-state index in [-0.39, 0.29) is 23.7 Å². The van der Waals surface area contributed by atoms with Crippen LogP contribution in [0, 0.1) is 11.8 Å². The summed E-state index contributed by atoms with van der Waals surface area (Å²) in [6.45, 7) is 6.02. The fraction of sp³-hybridized carbons (Fsp3) is 0.857. The summed E-state index contributed by atoms with van der Waals surface area (Å²) in [4.78, 5) is 25.6. The lowest BCUT2D eigenvalue weighted by Crippen LogP contribution is -2.43. The van der Waals surface area contributed by atoms with Gasteiger partial charge in [-0.3, -0.25) is 9.59 Å². The molecule has 0 N–H and O–H groups in total. The molecule has 19 heavy (non-hydrogen) atoms. The molecule has 1 unspecified atom stereocenters. The summed E-state index contributed by atoms with van der Waals surface area (Å²) in [5.41, 5.74) is 0. The quantitative estimate of drug-likeness (QED) is 0.686. The van der Waals surface area contributed by atoms with Gasteiger partial charge in [0.05, 0.1) is 12.5 Å². The average Bonchev–Trinajstić information content (AvgIpc) is 2.39. The molecular weight excluding hydrogens is 246 g/mol. The lowest BCUT2D eigenvalue weighted by atomic mass is 9.97. The van der Waals surface area contributed by atoms with E-state index in [1.54, 1.807) is 18.9 Å². The van der Waals surface area contributed by atoms with E-state index in [0.717, 1.165) is 19.4 Å². The number of likely N-dealkylation sites (tertiary alicyclic amines) is 1. The number of hydrogen-bond acceptors (Lipinski definition) is 4. The Morgan fingerprint density at radius 3 is 2.79 bits per heavy atom. The van der Waals surface area contributed by atoms with Gasteiger partial charge in [0.2, 0.25) is 5.91 Å². The van der Waals surface area contributed by atoms with Crippen LogP contribution in [0.3, 0.4) is 0 Å². The Bertz CT molecular complexity index is 306. The van der Waals surface area contributed by atoms with Gasteiger partial charge in [-0.15, -0.1) is 0 Å². The van der Waals surface area contributed by atoms with E-state index < -0.39 is 0 Å². The Labute approximate surface area is 115 Å². The average molecular weight is 271 g/mol. The van der Waals surface area contributed by atoms with Crippen molar-refractivity contribution >= 4 is 11.9 Å². The van der Waals surface area contributed by atoms with Crippen LogP contribution in [0.2, 0.25) is 0 Å². The zero-order valence-corrected chi connectivity index (χ0v) is 12.2. The Morgan fingerprint density at radius 1 is 1.42 bits per heavy atom. The van der Waals surface area contributed by atoms with Gasteiger partial charge in [-0.1, -0.05) is 6.92 Å². The van der Waals surface area contributed by atoms with Gasteiger partial charge < -0.3 is 14.4 Å². The molecular formula is C14H25NO4. The maximum absolute atomic E-state index is 12.1. The van der Waals surface area contributed by atoms with Crippen molar-refractivity contribution in [1.29, 1.82) is 0 Å². The second-order valence-electron chi connectivity index (χ2n) is 5.20. The third-order valence-electron chi connectivity index (χ3n) is 3.37. The van der Waals surface area contributed by atoms with E-state index in [1.165, 1.54) is 0 Å². The van der Waals surface area contributed by atoms with Gasteiger partial charge in [-0.2, -0.15) is 0 Å². The zero-order valence-electron chi connectivity index (χ0n) is 12.2. The van der Waals surface area contributed by atoms with Crippen LogP contribution in [0.5, 0.6) is 0 Å². The van der Waals surface area contributed by atoms with Crippen LogP contribution in [-0.4, -0.2) is 50.2 Å². The standard InChI is InChI=1S/C14H25NO4/c1-4-19-14(17)12-6-5-7-15(9-12)13(16)8-11(2)10-18-3/h11-12H,4-10H2,1-3H3/t11?,12-/m0/s1. The van der Waals surface area contributed by atoms with Gasteiger partial charge in [0.1, 0.15) is 0 Å². The monoisotopic (exact) mass is 271 g/mol. The van der Waals surface area contributed by atoms with Crippen LogP contribution in [0.1, 0.15) is 33.1 Å². The highest BCUT2D eigenvalue weighted by Gasteiger charge is 2.29. The summed E-state index contributed by atoms with van der Waals surface area (Å²) in [5, 5.41) is 0. The predicted molar refractivity (Wildman–Crippen MR) is 71.6 cm³/mol. The van der Waals surface area contributed by atoms with Crippen LogP contribution in [0.4, 0.5) is 0 Å². The Balaban J connectivity index is 2.45. The molecule has 1 saturated heterocycles. The molecule has 0 saturated carbocycles. The first-order valence-corrected chi connectivity index (χ1v) is 7.01. The van der Waals surface area contributed by atoms with Crippen LogP contribution in [-0.2, 0) is 19.1 Å². The van der Waals surface area contributed by atoms with Gasteiger partial charge in [0.15, 0.2) is 0 Å². The molecule has 5 heteroatoms. The highest BCUT2D eigenvalue weighted by molar-refractivity contribution is 5.78. The normalized spacial score (nSPS) is 21.0. The summed E-state index contributed by atoms with van der Waals surface area (Å²) in [6.07, 6.45) is 2.16. The van der Waals surface area contributed by atoms with Crippen LogP contribution >= 0.6 is 0 Å². The number of carbonyl (C=O) groups is 2. The van der Waals surface area contributed by atoms with E-state index in [2.05, 4.69) is 0 Å². The number of rotatable bonds is 6. The van der Waals surface area contributed by atoms with Gasteiger partial charge in [-0.25, -0.2) is 0 Å². The number of ether oxygens (including phenoxy) is 2. The third kappa shape index (κ3) is 5.19. The first-order valence-electron chi connectivity index (χ1n) is 7.01. The molecule has 0 aliphatic carbocycles. The molecule has 0 spiro atoms. The molecule has 0 bridgehead atoms. The van der Waals surface area contributed by atoms with Gasteiger partial charge in [0.25, 0.3) is 0 Å². The van der Waals surface area contributed by atoms with Gasteiger partial charge in [-0.05, 0) is 25.7 Å². The number of amides is 1. The molecule has 1 aliphatic rings. The Kier molecular flexibility index (Phi) is 6.84. The first kappa shape index (κ1) is 16.0. The molecule has 0 radical (unpaired) electrons. The molecule has 5 nitrogen and oxygen atoms in total. The van der Waals surface area contributed by atoms with E-state index in [4.69, 9.17) is 9.47 Å². The van der Waals surface area contributed by atoms with Crippen molar-refractivity contribution in [3.8, 4) is 0 Å². The minimum atomic E-state index is -0.176. The van der Waals surface area contributed by atoms with Crippen molar-refractivity contribution in [3.05, 3.63) is 0 Å². The summed E-state index contributed by atoms with van der Waals surface area (Å²) in [5.74, 6) is -0.0145. The zero-order chi connectivity index (χ0) is 14.3. The Hall–Kier alpha value is -1.10. The lowest BCUT2D eigenvalue weighted by Gasteiger charge is -2.32. The number of nitrogens with zero attached hydrogens (tertiary/aromatic N) is 1. The van der Waals surface area contributed by atoms with E-state index >= 15 is 0 Å². The number of piperidine rings is 1. The van der Waals surface area contributed by atoms with E-state index in [0.29, 0.717) is 26.2 Å². The van der Waals surface area contributed by atoms with Crippen molar-refractivity contribution in [3.63, 3.8) is 0 Å². The van der Waals surface area contributed by atoms with Crippen molar-refractivity contribution in [2.45, 2.75) is 33.1 Å². The largest absolute Gasteiger partial charge is 0.466 e. The highest BCUT2D eigenvalue weighted by atomic mass is 16.5. The molecule has 1 fully saturated rings. The van der Waals surface area contributed by atoms with E-state index in [9.17, 15) is 9.59 Å². The number of hydrogen-bond donors (Lipinski definition) is 0. The molecule has 1 aliphatic heterocycles. The first-order chi connectivity index (χ1) is 9.08. The SMILES string of the molecule is CCOC(=O)[C@H]1CCCN(C(=O)CC(C)COC)C1. The minimum absolute atomic E-state index is 0.110. The number of methoxy groups -OCH3 is 1. The maximum atomic E-state index is 12.1. The molecule has 0 aromatic rings.